The largest absolute Gasteiger partial charge is 0.313 e. The molecule has 2 rings (SSSR count). The zero-order chi connectivity index (χ0) is 12.6. The molecule has 96 valence electrons. The molecule has 2 atom stereocenters. The van der Waals surface area contributed by atoms with E-state index in [2.05, 4.69) is 26.1 Å². The van der Waals surface area contributed by atoms with Crippen LogP contribution in [0.4, 0.5) is 0 Å². The quantitative estimate of drug-likeness (QED) is 0.829. The second-order valence-corrected chi connectivity index (χ2v) is 7.68. The van der Waals surface area contributed by atoms with E-state index in [1.807, 2.05) is 6.07 Å². The lowest BCUT2D eigenvalue weighted by atomic mass is 9.56. The zero-order valence-corrected chi connectivity index (χ0v) is 12.8. The van der Waals surface area contributed by atoms with Crippen molar-refractivity contribution in [2.75, 3.05) is 6.54 Å². The number of thiophene rings is 1. The van der Waals surface area contributed by atoms with Crippen molar-refractivity contribution in [1.82, 2.24) is 5.32 Å². The lowest BCUT2D eigenvalue weighted by Crippen LogP contribution is -2.55. The Balaban J connectivity index is 2.08. The van der Waals surface area contributed by atoms with Crippen molar-refractivity contribution in [3.8, 4) is 0 Å². The van der Waals surface area contributed by atoms with E-state index < -0.39 is 0 Å². The Bertz CT molecular complexity index is 400. The summed E-state index contributed by atoms with van der Waals surface area (Å²) in [5, 5.41) is 3.61. The van der Waals surface area contributed by atoms with Crippen molar-refractivity contribution in [3.05, 3.63) is 20.3 Å². The van der Waals surface area contributed by atoms with Gasteiger partial charge in [-0.3, -0.25) is 0 Å². The molecule has 1 aromatic heterocycles. The van der Waals surface area contributed by atoms with Crippen molar-refractivity contribution in [2.24, 2.45) is 5.41 Å². The maximum atomic E-state index is 6.25. The minimum Gasteiger partial charge on any atom is -0.313 e. The summed E-state index contributed by atoms with van der Waals surface area (Å²) in [5.41, 5.74) is 1.50. The van der Waals surface area contributed by atoms with E-state index >= 15 is 0 Å². The average Bonchev–Trinajstić information content (AvgIpc) is 2.56. The Labute approximate surface area is 118 Å². The third kappa shape index (κ3) is 2.51. The highest BCUT2D eigenvalue weighted by Crippen LogP contribution is 2.55. The monoisotopic (exact) mass is 291 g/mol. The summed E-state index contributed by atoms with van der Waals surface area (Å²) in [6.07, 6.45) is 2.35. The van der Waals surface area contributed by atoms with Crippen LogP contribution >= 0.6 is 34.5 Å². The Morgan fingerprint density at radius 1 is 1.47 bits per heavy atom. The van der Waals surface area contributed by atoms with Crippen molar-refractivity contribution in [1.29, 1.82) is 0 Å². The van der Waals surface area contributed by atoms with Gasteiger partial charge < -0.3 is 5.32 Å². The summed E-state index contributed by atoms with van der Waals surface area (Å²) in [5.74, 6) is 0.535. The van der Waals surface area contributed by atoms with Gasteiger partial charge in [0.1, 0.15) is 0 Å². The fourth-order valence-electron chi connectivity index (χ4n) is 2.71. The van der Waals surface area contributed by atoms with Crippen LogP contribution in [0.3, 0.4) is 0 Å². The van der Waals surface area contributed by atoms with Crippen LogP contribution in [-0.4, -0.2) is 12.6 Å². The summed E-state index contributed by atoms with van der Waals surface area (Å²) < 4.78 is 1.66. The van der Waals surface area contributed by atoms with Gasteiger partial charge in [0.2, 0.25) is 0 Å². The van der Waals surface area contributed by atoms with Gasteiger partial charge in [0, 0.05) is 6.04 Å². The Morgan fingerprint density at radius 2 is 2.18 bits per heavy atom. The normalized spacial score (nSPS) is 26.9. The first-order valence-electron chi connectivity index (χ1n) is 6.15. The van der Waals surface area contributed by atoms with Crippen LogP contribution in [0.1, 0.15) is 45.1 Å². The van der Waals surface area contributed by atoms with E-state index in [-0.39, 0.29) is 5.41 Å². The molecule has 4 heteroatoms. The molecule has 1 aliphatic carbocycles. The van der Waals surface area contributed by atoms with Crippen LogP contribution in [0.2, 0.25) is 8.67 Å². The maximum Gasteiger partial charge on any atom is 0.0979 e. The van der Waals surface area contributed by atoms with E-state index in [1.165, 1.54) is 29.7 Å². The molecular formula is C13H19Cl2NS. The fraction of sp³-hybridized carbons (Fsp3) is 0.692. The van der Waals surface area contributed by atoms with Gasteiger partial charge in [0.25, 0.3) is 0 Å². The molecule has 0 radical (unpaired) electrons. The zero-order valence-electron chi connectivity index (χ0n) is 10.5. The van der Waals surface area contributed by atoms with Crippen molar-refractivity contribution in [3.63, 3.8) is 0 Å². The van der Waals surface area contributed by atoms with Crippen LogP contribution in [0.25, 0.3) is 0 Å². The van der Waals surface area contributed by atoms with E-state index in [4.69, 9.17) is 23.2 Å². The van der Waals surface area contributed by atoms with Gasteiger partial charge in [0.05, 0.1) is 8.67 Å². The summed E-state index contributed by atoms with van der Waals surface area (Å²) in [6, 6.07) is 2.64. The minimum absolute atomic E-state index is 0.267. The molecule has 1 aliphatic rings. The van der Waals surface area contributed by atoms with Gasteiger partial charge in [-0.25, -0.2) is 0 Å². The van der Waals surface area contributed by atoms with Crippen molar-refractivity contribution >= 4 is 34.5 Å². The minimum atomic E-state index is 0.267. The van der Waals surface area contributed by atoms with Crippen LogP contribution in [-0.2, 0) is 0 Å². The Kier molecular flexibility index (Phi) is 4.09. The van der Waals surface area contributed by atoms with Crippen molar-refractivity contribution in [2.45, 2.75) is 45.6 Å². The molecule has 0 aliphatic heterocycles. The van der Waals surface area contributed by atoms with E-state index in [9.17, 15) is 0 Å². The second-order valence-electron chi connectivity index (χ2n) is 5.40. The van der Waals surface area contributed by atoms with Gasteiger partial charge in [-0.15, -0.1) is 11.3 Å². The third-order valence-corrected chi connectivity index (χ3v) is 5.48. The van der Waals surface area contributed by atoms with Gasteiger partial charge in [-0.1, -0.05) is 44.0 Å². The molecule has 17 heavy (non-hydrogen) atoms. The smallest absolute Gasteiger partial charge is 0.0979 e. The number of hydrogen-bond donors (Lipinski definition) is 1. The second kappa shape index (κ2) is 5.08. The van der Waals surface area contributed by atoms with E-state index in [0.29, 0.717) is 12.0 Å². The predicted molar refractivity (Wildman–Crippen MR) is 77.6 cm³/mol. The topological polar surface area (TPSA) is 12.0 Å². The molecule has 1 N–H and O–H groups in total. The SMILES string of the molecule is CCCNC1CC(c2cc(Cl)sc2Cl)C1(C)C. The van der Waals surface area contributed by atoms with Gasteiger partial charge >= 0.3 is 0 Å². The predicted octanol–water partition coefficient (Wildman–Crippen LogP) is 4.94. The number of rotatable bonds is 4. The molecule has 0 saturated heterocycles. The highest BCUT2D eigenvalue weighted by Gasteiger charge is 2.49. The molecule has 1 fully saturated rings. The van der Waals surface area contributed by atoms with Gasteiger partial charge in [-0.05, 0) is 42.3 Å². The van der Waals surface area contributed by atoms with Crippen molar-refractivity contribution < 1.29 is 0 Å². The number of hydrogen-bond acceptors (Lipinski definition) is 2. The lowest BCUT2D eigenvalue weighted by Gasteiger charge is -2.52. The molecule has 2 unspecified atom stereocenters. The fourth-order valence-corrected chi connectivity index (χ4v) is 4.29. The molecule has 1 heterocycles. The third-order valence-electron chi connectivity index (χ3n) is 3.97. The molecule has 1 saturated carbocycles. The Morgan fingerprint density at radius 3 is 2.65 bits per heavy atom. The average molecular weight is 292 g/mol. The number of nitrogens with one attached hydrogen (secondary N) is 1. The van der Waals surface area contributed by atoms with E-state index in [1.54, 1.807) is 0 Å². The first-order chi connectivity index (χ1) is 7.96. The highest BCUT2D eigenvalue weighted by molar-refractivity contribution is 7.20. The summed E-state index contributed by atoms with van der Waals surface area (Å²) in [7, 11) is 0. The van der Waals surface area contributed by atoms with Crippen LogP contribution < -0.4 is 5.32 Å². The van der Waals surface area contributed by atoms with Crippen LogP contribution in [0, 0.1) is 5.41 Å². The first kappa shape index (κ1) is 13.7. The molecular weight excluding hydrogens is 273 g/mol. The molecule has 0 spiro atoms. The maximum absolute atomic E-state index is 6.25. The van der Waals surface area contributed by atoms with Gasteiger partial charge in [-0.2, -0.15) is 0 Å². The van der Waals surface area contributed by atoms with Gasteiger partial charge in [0.15, 0.2) is 0 Å². The Hall–Kier alpha value is 0.240. The molecule has 0 bridgehead atoms. The van der Waals surface area contributed by atoms with E-state index in [0.717, 1.165) is 15.2 Å². The van der Waals surface area contributed by atoms with Crippen LogP contribution in [0.5, 0.6) is 0 Å². The molecule has 1 aromatic rings. The molecule has 0 amide bonds. The summed E-state index contributed by atoms with van der Waals surface area (Å²) >= 11 is 13.7. The molecule has 0 aromatic carbocycles. The number of halogens is 2. The standard InChI is InChI=1S/C13H19Cl2NS/c1-4-5-16-10-7-9(13(10,2)3)8-6-11(14)17-12(8)15/h6,9-10,16H,4-5,7H2,1-3H3. The lowest BCUT2D eigenvalue weighted by molar-refractivity contribution is 0.0698. The highest BCUT2D eigenvalue weighted by atomic mass is 35.5. The summed E-state index contributed by atoms with van der Waals surface area (Å²) in [6.45, 7) is 7.93. The first-order valence-corrected chi connectivity index (χ1v) is 7.72. The summed E-state index contributed by atoms with van der Waals surface area (Å²) in [4.78, 5) is 0. The molecule has 1 nitrogen and oxygen atoms in total. The van der Waals surface area contributed by atoms with Crippen LogP contribution in [0.15, 0.2) is 6.07 Å².